The third-order valence-electron chi connectivity index (χ3n) is 4.25. The van der Waals surface area contributed by atoms with Gasteiger partial charge in [0, 0.05) is 18.4 Å². The molecule has 1 amide bonds. The summed E-state index contributed by atoms with van der Waals surface area (Å²) in [7, 11) is 2.89. The Kier molecular flexibility index (Phi) is 2.60. The molecule has 3 atom stereocenters. The number of amides is 1. The molecule has 1 heterocycles. The fraction of sp³-hybridized carbons (Fsp3) is 0.429. The van der Waals surface area contributed by atoms with E-state index in [4.69, 9.17) is 9.47 Å². The average Bonchev–Trinajstić information content (AvgIpc) is 2.39. The van der Waals surface area contributed by atoms with E-state index in [1.165, 1.54) is 14.2 Å². The van der Waals surface area contributed by atoms with Crippen molar-refractivity contribution in [2.45, 2.75) is 12.0 Å². The number of benzene rings is 1. The third-order valence-corrected chi connectivity index (χ3v) is 4.25. The average molecular weight is 261 g/mol. The van der Waals surface area contributed by atoms with Crippen LogP contribution in [-0.2, 0) is 24.7 Å². The molecule has 1 aromatic carbocycles. The van der Waals surface area contributed by atoms with Gasteiger partial charge in [-0.25, -0.2) is 0 Å². The number of esters is 1. The van der Waals surface area contributed by atoms with Gasteiger partial charge in [-0.2, -0.15) is 0 Å². The van der Waals surface area contributed by atoms with Gasteiger partial charge in [0.15, 0.2) is 0 Å². The van der Waals surface area contributed by atoms with Gasteiger partial charge < -0.3 is 14.8 Å². The van der Waals surface area contributed by atoms with Gasteiger partial charge in [-0.1, -0.05) is 18.2 Å². The maximum absolute atomic E-state index is 12.1. The molecule has 1 N–H and O–H groups in total. The molecule has 0 aromatic heterocycles. The van der Waals surface area contributed by atoms with Gasteiger partial charge in [0.2, 0.25) is 5.91 Å². The Morgan fingerprint density at radius 1 is 1.37 bits per heavy atom. The van der Waals surface area contributed by atoms with Crippen molar-refractivity contribution >= 4 is 17.6 Å². The lowest BCUT2D eigenvalue weighted by molar-refractivity contribution is -0.204. The summed E-state index contributed by atoms with van der Waals surface area (Å²) in [6.07, 6.45) is 0.459. The second-order valence-corrected chi connectivity index (χ2v) is 4.90. The van der Waals surface area contributed by atoms with Crippen LogP contribution in [0.4, 0.5) is 5.69 Å². The van der Waals surface area contributed by atoms with E-state index in [-0.39, 0.29) is 17.8 Å². The van der Waals surface area contributed by atoms with Crippen molar-refractivity contribution in [2.75, 3.05) is 19.5 Å². The van der Waals surface area contributed by atoms with Crippen LogP contribution in [0.3, 0.4) is 0 Å². The molecule has 1 saturated carbocycles. The fourth-order valence-corrected chi connectivity index (χ4v) is 3.31. The number of hydrogen-bond donors (Lipinski definition) is 1. The van der Waals surface area contributed by atoms with Crippen LogP contribution in [0, 0.1) is 11.8 Å². The first kappa shape index (κ1) is 12.2. The molecule has 0 saturated heterocycles. The lowest BCUT2D eigenvalue weighted by atomic mass is 9.55. The predicted molar refractivity (Wildman–Crippen MR) is 67.4 cm³/mol. The van der Waals surface area contributed by atoms with Crippen molar-refractivity contribution < 1.29 is 19.1 Å². The molecule has 1 aliphatic carbocycles. The fourth-order valence-electron chi connectivity index (χ4n) is 3.31. The van der Waals surface area contributed by atoms with E-state index in [1.807, 2.05) is 24.3 Å². The first-order valence-corrected chi connectivity index (χ1v) is 6.18. The zero-order chi connectivity index (χ0) is 13.6. The van der Waals surface area contributed by atoms with E-state index >= 15 is 0 Å². The molecule has 1 aromatic rings. The molecule has 5 heteroatoms. The van der Waals surface area contributed by atoms with Crippen LogP contribution in [0.2, 0.25) is 0 Å². The van der Waals surface area contributed by atoms with Crippen molar-refractivity contribution in [2.24, 2.45) is 11.8 Å². The normalized spacial score (nSPS) is 31.6. The number of nitrogens with one attached hydrogen (secondary N) is 1. The van der Waals surface area contributed by atoms with Crippen molar-refractivity contribution in [3.8, 4) is 0 Å². The number of hydrogen-bond acceptors (Lipinski definition) is 4. The van der Waals surface area contributed by atoms with Crippen LogP contribution in [0.5, 0.6) is 0 Å². The van der Waals surface area contributed by atoms with Crippen molar-refractivity contribution in [1.29, 1.82) is 0 Å². The van der Waals surface area contributed by atoms with E-state index in [2.05, 4.69) is 5.32 Å². The summed E-state index contributed by atoms with van der Waals surface area (Å²) >= 11 is 0. The van der Waals surface area contributed by atoms with Gasteiger partial charge in [0.25, 0.3) is 0 Å². The van der Waals surface area contributed by atoms with E-state index in [9.17, 15) is 9.59 Å². The number of carbonyl (C=O) groups excluding carboxylic acids is 2. The number of fused-ring (bicyclic) bond motifs is 3. The van der Waals surface area contributed by atoms with Crippen LogP contribution < -0.4 is 5.32 Å². The predicted octanol–water partition coefficient (Wildman–Crippen LogP) is 1.29. The highest BCUT2D eigenvalue weighted by molar-refractivity contribution is 6.00. The highest BCUT2D eigenvalue weighted by atomic mass is 16.5. The summed E-state index contributed by atoms with van der Waals surface area (Å²) < 4.78 is 10.5. The number of methoxy groups -OCH3 is 2. The molecule has 3 rings (SSSR count). The maximum atomic E-state index is 12.1. The minimum Gasteiger partial charge on any atom is -0.469 e. The SMILES string of the molecule is COC(=O)[C@H]1C[C@H]2C(=O)Nc3ccccc3[C@@]12OC. The number of ether oxygens (including phenoxy) is 2. The second kappa shape index (κ2) is 4.06. The first-order chi connectivity index (χ1) is 9.15. The lowest BCUT2D eigenvalue weighted by Gasteiger charge is -2.55. The molecule has 0 unspecified atom stereocenters. The number of anilines is 1. The summed E-state index contributed by atoms with van der Waals surface area (Å²) in [6, 6.07) is 7.42. The molecule has 100 valence electrons. The standard InChI is InChI=1S/C14H15NO4/c1-18-13(17)10-7-9-12(16)15-11-6-4-3-5-8(11)14(9,10)19-2/h3-6,9-10H,7H2,1-2H3,(H,15,16)/t9-,10+,14-/m0/s1. The Bertz CT molecular complexity index is 556. The number of rotatable bonds is 2. The van der Waals surface area contributed by atoms with Gasteiger partial charge in [0.1, 0.15) is 5.60 Å². The van der Waals surface area contributed by atoms with Crippen LogP contribution in [-0.4, -0.2) is 26.1 Å². The Hall–Kier alpha value is -1.88. The van der Waals surface area contributed by atoms with Gasteiger partial charge in [-0.05, 0) is 12.5 Å². The molecule has 0 radical (unpaired) electrons. The highest BCUT2D eigenvalue weighted by Crippen LogP contribution is 2.58. The summed E-state index contributed by atoms with van der Waals surface area (Å²) in [5.74, 6) is -1.19. The summed E-state index contributed by atoms with van der Waals surface area (Å²) in [5, 5.41) is 2.86. The number of carbonyl (C=O) groups is 2. The van der Waals surface area contributed by atoms with Crippen molar-refractivity contribution in [1.82, 2.24) is 0 Å². The summed E-state index contributed by atoms with van der Waals surface area (Å²) in [5.41, 5.74) is 0.675. The number of para-hydroxylation sites is 1. The van der Waals surface area contributed by atoms with Crippen LogP contribution >= 0.6 is 0 Å². The Morgan fingerprint density at radius 3 is 2.79 bits per heavy atom. The molecule has 0 spiro atoms. The van der Waals surface area contributed by atoms with Gasteiger partial charge in [0.05, 0.1) is 18.9 Å². The molecule has 1 aliphatic heterocycles. The smallest absolute Gasteiger partial charge is 0.312 e. The van der Waals surface area contributed by atoms with Gasteiger partial charge in [-0.15, -0.1) is 0 Å². The zero-order valence-electron chi connectivity index (χ0n) is 10.8. The minimum atomic E-state index is -0.883. The molecule has 19 heavy (non-hydrogen) atoms. The Balaban J connectivity index is 2.14. The zero-order valence-corrected chi connectivity index (χ0v) is 10.8. The minimum absolute atomic E-state index is 0.0966. The molecule has 1 fully saturated rings. The molecular formula is C14H15NO4. The van der Waals surface area contributed by atoms with Crippen molar-refractivity contribution in [3.05, 3.63) is 29.8 Å². The van der Waals surface area contributed by atoms with Crippen LogP contribution in [0.15, 0.2) is 24.3 Å². The van der Waals surface area contributed by atoms with Crippen LogP contribution in [0.1, 0.15) is 12.0 Å². The molecular weight excluding hydrogens is 246 g/mol. The Morgan fingerprint density at radius 2 is 2.11 bits per heavy atom. The molecule has 2 aliphatic rings. The summed E-state index contributed by atoms with van der Waals surface area (Å²) in [6.45, 7) is 0. The third kappa shape index (κ3) is 1.39. The van der Waals surface area contributed by atoms with Gasteiger partial charge >= 0.3 is 5.97 Å². The van der Waals surface area contributed by atoms with E-state index in [0.29, 0.717) is 12.1 Å². The van der Waals surface area contributed by atoms with Crippen molar-refractivity contribution in [3.63, 3.8) is 0 Å². The van der Waals surface area contributed by atoms with E-state index in [1.54, 1.807) is 0 Å². The van der Waals surface area contributed by atoms with E-state index in [0.717, 1.165) is 5.56 Å². The lowest BCUT2D eigenvalue weighted by Crippen LogP contribution is -2.63. The monoisotopic (exact) mass is 261 g/mol. The first-order valence-electron chi connectivity index (χ1n) is 6.18. The molecule has 5 nitrogen and oxygen atoms in total. The highest BCUT2D eigenvalue weighted by Gasteiger charge is 2.65. The second-order valence-electron chi connectivity index (χ2n) is 4.90. The van der Waals surface area contributed by atoms with Crippen LogP contribution in [0.25, 0.3) is 0 Å². The topological polar surface area (TPSA) is 64.6 Å². The largest absolute Gasteiger partial charge is 0.469 e. The maximum Gasteiger partial charge on any atom is 0.312 e. The molecule has 0 bridgehead atoms. The van der Waals surface area contributed by atoms with Gasteiger partial charge in [-0.3, -0.25) is 9.59 Å². The Labute approximate surface area is 110 Å². The quantitative estimate of drug-likeness (QED) is 0.815. The van der Waals surface area contributed by atoms with E-state index < -0.39 is 11.5 Å². The summed E-state index contributed by atoms with van der Waals surface area (Å²) in [4.78, 5) is 24.0.